The Kier molecular flexibility index (Phi) is 5.74. The Hall–Kier alpha value is -3.18. The molecule has 5 nitrogen and oxygen atoms in total. The van der Waals surface area contributed by atoms with Gasteiger partial charge >= 0.3 is 6.03 Å². The molecule has 25 heavy (non-hydrogen) atoms. The highest BCUT2D eigenvalue weighted by atomic mass is 16.7. The van der Waals surface area contributed by atoms with E-state index >= 15 is 0 Å². The number of urea groups is 1. The van der Waals surface area contributed by atoms with Crippen molar-refractivity contribution in [1.82, 2.24) is 15.8 Å². The summed E-state index contributed by atoms with van der Waals surface area (Å²) in [6.45, 7) is 0.305. The average Bonchev–Trinajstić information content (AvgIpc) is 2.68. The van der Waals surface area contributed by atoms with Crippen molar-refractivity contribution in [1.29, 1.82) is 0 Å². The Morgan fingerprint density at radius 3 is 2.16 bits per heavy atom. The number of hydrogen-bond acceptors (Lipinski definition) is 3. The van der Waals surface area contributed by atoms with Crippen LogP contribution in [0.1, 0.15) is 22.7 Å². The standard InChI is InChI=1S/C20H19N3O2/c24-20(23-25-15-16-7-3-1-4-8-16)22-19(17-9-5-2-6-10-17)18-11-13-21-14-12-18/h1-14,19H,15H2,(H2,22,23,24). The van der Waals surface area contributed by atoms with E-state index in [2.05, 4.69) is 15.8 Å². The lowest BCUT2D eigenvalue weighted by molar-refractivity contribution is 0.0485. The SMILES string of the molecule is O=C(NOCc1ccccc1)NC(c1ccccc1)c1ccncc1. The Morgan fingerprint density at radius 1 is 0.880 bits per heavy atom. The van der Waals surface area contributed by atoms with E-state index in [0.29, 0.717) is 6.61 Å². The van der Waals surface area contributed by atoms with Crippen LogP contribution in [0.25, 0.3) is 0 Å². The maximum Gasteiger partial charge on any atom is 0.339 e. The molecular formula is C20H19N3O2. The highest BCUT2D eigenvalue weighted by Gasteiger charge is 2.16. The predicted octanol–water partition coefficient (Wildman–Crippen LogP) is 3.60. The van der Waals surface area contributed by atoms with E-state index in [9.17, 15) is 4.79 Å². The Balaban J connectivity index is 1.63. The van der Waals surface area contributed by atoms with Crippen LogP contribution in [0, 0.1) is 0 Å². The van der Waals surface area contributed by atoms with Crippen LogP contribution in [0.5, 0.6) is 0 Å². The first-order chi connectivity index (χ1) is 12.3. The van der Waals surface area contributed by atoms with Gasteiger partial charge in [-0.15, -0.1) is 0 Å². The van der Waals surface area contributed by atoms with Gasteiger partial charge in [0.05, 0.1) is 12.6 Å². The molecule has 0 saturated heterocycles. The van der Waals surface area contributed by atoms with Gasteiger partial charge in [0.1, 0.15) is 0 Å². The molecule has 0 fully saturated rings. The largest absolute Gasteiger partial charge is 0.339 e. The zero-order valence-electron chi connectivity index (χ0n) is 13.6. The maximum atomic E-state index is 12.2. The number of aromatic nitrogens is 1. The fourth-order valence-electron chi connectivity index (χ4n) is 2.48. The highest BCUT2D eigenvalue weighted by Crippen LogP contribution is 2.21. The number of amides is 2. The summed E-state index contributed by atoms with van der Waals surface area (Å²) in [5.74, 6) is 0. The van der Waals surface area contributed by atoms with Crippen LogP contribution >= 0.6 is 0 Å². The molecule has 2 N–H and O–H groups in total. The molecule has 1 aromatic heterocycles. The Bertz CT molecular complexity index is 740. The molecule has 2 aromatic carbocycles. The molecule has 3 rings (SSSR count). The molecule has 2 amide bonds. The van der Waals surface area contributed by atoms with Crippen LogP contribution in [-0.2, 0) is 11.4 Å². The third-order valence-corrected chi connectivity index (χ3v) is 3.69. The van der Waals surface area contributed by atoms with Crippen molar-refractivity contribution >= 4 is 6.03 Å². The summed E-state index contributed by atoms with van der Waals surface area (Å²) in [5, 5.41) is 2.93. The van der Waals surface area contributed by atoms with Crippen LogP contribution in [0.3, 0.4) is 0 Å². The van der Waals surface area contributed by atoms with E-state index in [0.717, 1.165) is 16.7 Å². The number of hydrogen-bond donors (Lipinski definition) is 2. The summed E-state index contributed by atoms with van der Waals surface area (Å²) in [7, 11) is 0. The zero-order valence-corrected chi connectivity index (χ0v) is 13.6. The van der Waals surface area contributed by atoms with Gasteiger partial charge < -0.3 is 5.32 Å². The lowest BCUT2D eigenvalue weighted by Gasteiger charge is -2.20. The van der Waals surface area contributed by atoms with Gasteiger partial charge in [-0.05, 0) is 28.8 Å². The van der Waals surface area contributed by atoms with Crippen LogP contribution in [-0.4, -0.2) is 11.0 Å². The Morgan fingerprint density at radius 2 is 1.48 bits per heavy atom. The summed E-state index contributed by atoms with van der Waals surface area (Å²) in [6.07, 6.45) is 3.41. The topological polar surface area (TPSA) is 63.2 Å². The Labute approximate surface area is 146 Å². The number of pyridine rings is 1. The summed E-state index contributed by atoms with van der Waals surface area (Å²) in [5.41, 5.74) is 5.34. The van der Waals surface area contributed by atoms with E-state index in [1.165, 1.54) is 0 Å². The lowest BCUT2D eigenvalue weighted by atomic mass is 10.00. The molecule has 0 aliphatic rings. The van der Waals surface area contributed by atoms with Crippen molar-refractivity contribution in [3.63, 3.8) is 0 Å². The fraction of sp³-hybridized carbons (Fsp3) is 0.100. The molecule has 0 spiro atoms. The van der Waals surface area contributed by atoms with Gasteiger partial charge in [0, 0.05) is 12.4 Å². The van der Waals surface area contributed by atoms with Gasteiger partial charge in [-0.3, -0.25) is 9.82 Å². The monoisotopic (exact) mass is 333 g/mol. The van der Waals surface area contributed by atoms with Crippen LogP contribution in [0.15, 0.2) is 85.2 Å². The minimum Gasteiger partial charge on any atom is -0.325 e. The highest BCUT2D eigenvalue weighted by molar-refractivity contribution is 5.73. The molecule has 1 atom stereocenters. The van der Waals surface area contributed by atoms with Crippen LogP contribution in [0.2, 0.25) is 0 Å². The number of rotatable bonds is 6. The van der Waals surface area contributed by atoms with E-state index in [1.54, 1.807) is 12.4 Å². The molecule has 0 saturated carbocycles. The molecule has 1 heterocycles. The fourth-order valence-corrected chi connectivity index (χ4v) is 2.48. The first-order valence-corrected chi connectivity index (χ1v) is 8.00. The van der Waals surface area contributed by atoms with Gasteiger partial charge in [-0.25, -0.2) is 10.3 Å². The molecular weight excluding hydrogens is 314 g/mol. The second-order valence-electron chi connectivity index (χ2n) is 5.47. The zero-order chi connectivity index (χ0) is 17.3. The van der Waals surface area contributed by atoms with Crippen molar-refractivity contribution < 1.29 is 9.63 Å². The number of hydroxylamine groups is 1. The van der Waals surface area contributed by atoms with Gasteiger partial charge in [-0.2, -0.15) is 0 Å². The smallest absolute Gasteiger partial charge is 0.325 e. The van der Waals surface area contributed by atoms with Crippen molar-refractivity contribution in [2.75, 3.05) is 0 Å². The second-order valence-corrected chi connectivity index (χ2v) is 5.47. The molecule has 0 aliphatic carbocycles. The molecule has 0 radical (unpaired) electrons. The molecule has 0 aliphatic heterocycles. The third-order valence-electron chi connectivity index (χ3n) is 3.69. The van der Waals surface area contributed by atoms with Gasteiger partial charge in [0.15, 0.2) is 0 Å². The first-order valence-electron chi connectivity index (χ1n) is 8.00. The minimum absolute atomic E-state index is 0.287. The van der Waals surface area contributed by atoms with Crippen LogP contribution < -0.4 is 10.8 Å². The van der Waals surface area contributed by atoms with Crippen molar-refractivity contribution in [3.05, 3.63) is 102 Å². The number of nitrogens with one attached hydrogen (secondary N) is 2. The van der Waals surface area contributed by atoms with Gasteiger partial charge in [0.2, 0.25) is 0 Å². The van der Waals surface area contributed by atoms with E-state index in [1.807, 2.05) is 72.8 Å². The lowest BCUT2D eigenvalue weighted by Crippen LogP contribution is -2.38. The summed E-state index contributed by atoms with van der Waals surface area (Å²) in [6, 6.07) is 22.5. The molecule has 0 bridgehead atoms. The number of carbonyl (C=O) groups is 1. The van der Waals surface area contributed by atoms with Crippen molar-refractivity contribution in [2.24, 2.45) is 0 Å². The van der Waals surface area contributed by atoms with Crippen LogP contribution in [0.4, 0.5) is 4.79 Å². The molecule has 3 aromatic rings. The van der Waals surface area contributed by atoms with E-state index in [4.69, 9.17) is 4.84 Å². The maximum absolute atomic E-state index is 12.2. The number of carbonyl (C=O) groups excluding carboxylic acids is 1. The average molecular weight is 333 g/mol. The molecule has 5 heteroatoms. The normalized spacial score (nSPS) is 11.5. The molecule has 1 unspecified atom stereocenters. The minimum atomic E-state index is -0.401. The van der Waals surface area contributed by atoms with Crippen molar-refractivity contribution in [2.45, 2.75) is 12.6 Å². The number of nitrogens with zero attached hydrogens (tertiary/aromatic N) is 1. The number of benzene rings is 2. The summed E-state index contributed by atoms with van der Waals surface area (Å²) >= 11 is 0. The summed E-state index contributed by atoms with van der Waals surface area (Å²) < 4.78 is 0. The van der Waals surface area contributed by atoms with Gasteiger partial charge in [-0.1, -0.05) is 60.7 Å². The van der Waals surface area contributed by atoms with E-state index in [-0.39, 0.29) is 6.04 Å². The van der Waals surface area contributed by atoms with E-state index < -0.39 is 6.03 Å². The second kappa shape index (κ2) is 8.61. The third kappa shape index (κ3) is 4.89. The quantitative estimate of drug-likeness (QED) is 0.678. The summed E-state index contributed by atoms with van der Waals surface area (Å²) in [4.78, 5) is 21.5. The molecule has 126 valence electrons. The predicted molar refractivity (Wildman–Crippen MR) is 95.4 cm³/mol. The van der Waals surface area contributed by atoms with Gasteiger partial charge in [0.25, 0.3) is 0 Å². The van der Waals surface area contributed by atoms with Crippen molar-refractivity contribution in [3.8, 4) is 0 Å². The first kappa shape index (κ1) is 16.7.